The number of anilines is 1. The van der Waals surface area contributed by atoms with E-state index < -0.39 is 5.91 Å². The topological polar surface area (TPSA) is 95.1 Å². The van der Waals surface area contributed by atoms with Crippen molar-refractivity contribution in [1.29, 1.82) is 0 Å². The Bertz CT molecular complexity index is 1170. The molecule has 0 saturated heterocycles. The fourth-order valence-corrected chi connectivity index (χ4v) is 3.56. The molecule has 1 aromatic carbocycles. The van der Waals surface area contributed by atoms with Crippen LogP contribution in [0.15, 0.2) is 46.4 Å². The van der Waals surface area contributed by atoms with Gasteiger partial charge in [-0.25, -0.2) is 4.98 Å². The Morgan fingerprint density at radius 3 is 3.00 bits per heavy atom. The Labute approximate surface area is 175 Å². The molecule has 1 N–H and O–H groups in total. The van der Waals surface area contributed by atoms with Crippen molar-refractivity contribution in [3.05, 3.63) is 63.9 Å². The molecule has 10 heteroatoms. The van der Waals surface area contributed by atoms with E-state index in [9.17, 15) is 4.79 Å². The highest BCUT2D eigenvalue weighted by molar-refractivity contribution is 7.14. The molecule has 1 amide bonds. The highest BCUT2D eigenvalue weighted by Crippen LogP contribution is 2.26. The second-order valence-electron chi connectivity index (χ2n) is 6.14. The Kier molecular flexibility index (Phi) is 5.32. The van der Waals surface area contributed by atoms with Crippen LogP contribution in [0.2, 0.25) is 5.02 Å². The average molecular weight is 430 g/mol. The summed E-state index contributed by atoms with van der Waals surface area (Å²) in [5.74, 6) is 0.676. The molecule has 4 aromatic rings. The highest BCUT2D eigenvalue weighted by atomic mass is 35.5. The zero-order valence-corrected chi connectivity index (χ0v) is 17.1. The smallest absolute Gasteiger partial charge is 0.280 e. The van der Waals surface area contributed by atoms with Crippen molar-refractivity contribution in [2.24, 2.45) is 7.05 Å². The standard InChI is InChI=1S/C19H16ClN5O3S/c1-11-14(9-27-13-5-3-4-12(20)8-13)17(24-28-11)18(26)23-19-22-15(10-29-19)16-6-7-21-25(16)2/h3-8,10H,9H2,1-2H3,(H,22,23,26). The second-order valence-corrected chi connectivity index (χ2v) is 7.44. The Morgan fingerprint density at radius 1 is 1.38 bits per heavy atom. The average Bonchev–Trinajstić information content (AvgIpc) is 3.40. The summed E-state index contributed by atoms with van der Waals surface area (Å²) in [4.78, 5) is 17.2. The van der Waals surface area contributed by atoms with E-state index in [0.29, 0.717) is 27.2 Å². The number of aromatic nitrogens is 4. The van der Waals surface area contributed by atoms with Crippen LogP contribution in [-0.2, 0) is 13.7 Å². The SMILES string of the molecule is Cc1onc(C(=O)Nc2nc(-c3ccnn3C)cs2)c1COc1cccc(Cl)c1. The van der Waals surface area contributed by atoms with Gasteiger partial charge in [-0.3, -0.25) is 14.8 Å². The summed E-state index contributed by atoms with van der Waals surface area (Å²) in [7, 11) is 1.83. The molecule has 0 bridgehead atoms. The van der Waals surface area contributed by atoms with Crippen LogP contribution in [0.25, 0.3) is 11.4 Å². The van der Waals surface area contributed by atoms with Crippen LogP contribution in [-0.4, -0.2) is 25.8 Å². The first kappa shape index (κ1) is 19.2. The van der Waals surface area contributed by atoms with Gasteiger partial charge in [0.2, 0.25) is 0 Å². The summed E-state index contributed by atoms with van der Waals surface area (Å²) >= 11 is 7.29. The number of amides is 1. The Balaban J connectivity index is 1.48. The molecular formula is C19H16ClN5O3S. The third kappa shape index (κ3) is 4.15. The molecule has 4 rings (SSSR count). The molecule has 0 fully saturated rings. The lowest BCUT2D eigenvalue weighted by molar-refractivity contribution is 0.101. The summed E-state index contributed by atoms with van der Waals surface area (Å²) in [6, 6.07) is 8.87. The van der Waals surface area contributed by atoms with Crippen LogP contribution >= 0.6 is 22.9 Å². The third-order valence-electron chi connectivity index (χ3n) is 4.19. The summed E-state index contributed by atoms with van der Waals surface area (Å²) in [6.45, 7) is 1.85. The van der Waals surface area contributed by atoms with Gasteiger partial charge in [0.25, 0.3) is 5.91 Å². The quantitative estimate of drug-likeness (QED) is 0.490. The van der Waals surface area contributed by atoms with Crippen molar-refractivity contribution in [2.45, 2.75) is 13.5 Å². The Morgan fingerprint density at radius 2 is 2.24 bits per heavy atom. The number of carbonyl (C=O) groups is 1. The predicted octanol–water partition coefficient (Wildman–Crippen LogP) is 4.32. The minimum Gasteiger partial charge on any atom is -0.489 e. The lowest BCUT2D eigenvalue weighted by Crippen LogP contribution is -2.15. The number of rotatable bonds is 6. The van der Waals surface area contributed by atoms with E-state index in [4.69, 9.17) is 20.9 Å². The van der Waals surface area contributed by atoms with Crippen molar-refractivity contribution in [2.75, 3.05) is 5.32 Å². The number of ether oxygens (including phenoxy) is 1. The third-order valence-corrected chi connectivity index (χ3v) is 5.18. The molecule has 0 unspecified atom stereocenters. The number of hydrogen-bond acceptors (Lipinski definition) is 7. The maximum absolute atomic E-state index is 12.7. The fraction of sp³-hybridized carbons (Fsp3) is 0.158. The van der Waals surface area contributed by atoms with Gasteiger partial charge < -0.3 is 9.26 Å². The van der Waals surface area contributed by atoms with E-state index >= 15 is 0 Å². The van der Waals surface area contributed by atoms with E-state index in [2.05, 4.69) is 20.6 Å². The van der Waals surface area contributed by atoms with Crippen LogP contribution < -0.4 is 10.1 Å². The van der Waals surface area contributed by atoms with E-state index in [1.54, 1.807) is 42.1 Å². The van der Waals surface area contributed by atoms with Crippen molar-refractivity contribution in [3.63, 3.8) is 0 Å². The molecule has 8 nitrogen and oxygen atoms in total. The molecule has 0 spiro atoms. The van der Waals surface area contributed by atoms with Gasteiger partial charge in [-0.1, -0.05) is 22.8 Å². The number of halogens is 1. The summed E-state index contributed by atoms with van der Waals surface area (Å²) < 4.78 is 12.6. The molecule has 0 aliphatic rings. The van der Waals surface area contributed by atoms with Gasteiger partial charge in [0, 0.05) is 23.6 Å². The van der Waals surface area contributed by atoms with Crippen LogP contribution in [0.5, 0.6) is 5.75 Å². The molecule has 0 atom stereocenters. The largest absolute Gasteiger partial charge is 0.489 e. The number of aryl methyl sites for hydroxylation is 2. The van der Waals surface area contributed by atoms with Gasteiger partial charge in [0.05, 0.1) is 11.3 Å². The fourth-order valence-electron chi connectivity index (χ4n) is 2.68. The molecule has 3 aromatic heterocycles. The van der Waals surface area contributed by atoms with Gasteiger partial charge in [-0.05, 0) is 31.2 Å². The van der Waals surface area contributed by atoms with E-state index in [1.807, 2.05) is 18.5 Å². The molecule has 148 valence electrons. The number of nitrogens with one attached hydrogen (secondary N) is 1. The first-order chi connectivity index (χ1) is 14.0. The number of nitrogens with zero attached hydrogens (tertiary/aromatic N) is 4. The van der Waals surface area contributed by atoms with Crippen molar-refractivity contribution < 1.29 is 14.1 Å². The lowest BCUT2D eigenvalue weighted by atomic mass is 10.2. The summed E-state index contributed by atoms with van der Waals surface area (Å²) in [6.07, 6.45) is 1.69. The highest BCUT2D eigenvalue weighted by Gasteiger charge is 2.22. The number of hydrogen-bond donors (Lipinski definition) is 1. The minimum absolute atomic E-state index is 0.122. The van der Waals surface area contributed by atoms with Gasteiger partial charge in [-0.2, -0.15) is 5.10 Å². The van der Waals surface area contributed by atoms with Gasteiger partial charge in [-0.15, -0.1) is 11.3 Å². The lowest BCUT2D eigenvalue weighted by Gasteiger charge is -2.07. The summed E-state index contributed by atoms with van der Waals surface area (Å²) in [5, 5.41) is 13.6. The molecule has 29 heavy (non-hydrogen) atoms. The van der Waals surface area contributed by atoms with Gasteiger partial charge in [0.1, 0.15) is 23.8 Å². The first-order valence-corrected chi connectivity index (χ1v) is 9.86. The Hall–Kier alpha value is -3.17. The number of thiazole rings is 1. The number of benzene rings is 1. The van der Waals surface area contributed by atoms with Crippen molar-refractivity contribution >= 4 is 34.0 Å². The van der Waals surface area contributed by atoms with Crippen molar-refractivity contribution in [1.82, 2.24) is 19.9 Å². The predicted molar refractivity (Wildman–Crippen MR) is 109 cm³/mol. The van der Waals surface area contributed by atoms with E-state index in [0.717, 1.165) is 11.4 Å². The molecule has 0 saturated carbocycles. The first-order valence-electron chi connectivity index (χ1n) is 8.60. The van der Waals surface area contributed by atoms with Crippen LogP contribution in [0, 0.1) is 6.92 Å². The van der Waals surface area contributed by atoms with Crippen LogP contribution in [0.1, 0.15) is 21.8 Å². The molecule has 0 aliphatic carbocycles. The van der Waals surface area contributed by atoms with Crippen molar-refractivity contribution in [3.8, 4) is 17.1 Å². The summed E-state index contributed by atoms with van der Waals surface area (Å²) in [5.41, 5.74) is 2.30. The number of carbonyl (C=O) groups excluding carboxylic acids is 1. The van der Waals surface area contributed by atoms with Crippen LogP contribution in [0.3, 0.4) is 0 Å². The molecule has 0 aliphatic heterocycles. The maximum atomic E-state index is 12.7. The van der Waals surface area contributed by atoms with E-state index in [1.165, 1.54) is 11.3 Å². The molecule has 0 radical (unpaired) electrons. The monoisotopic (exact) mass is 429 g/mol. The van der Waals surface area contributed by atoms with Gasteiger partial charge >= 0.3 is 0 Å². The second kappa shape index (κ2) is 8.06. The normalized spacial score (nSPS) is 10.9. The van der Waals surface area contributed by atoms with E-state index in [-0.39, 0.29) is 12.3 Å². The maximum Gasteiger partial charge on any atom is 0.280 e. The zero-order valence-electron chi connectivity index (χ0n) is 15.5. The van der Waals surface area contributed by atoms with Crippen LogP contribution in [0.4, 0.5) is 5.13 Å². The minimum atomic E-state index is -0.419. The molecule has 3 heterocycles. The zero-order chi connectivity index (χ0) is 20.4. The van der Waals surface area contributed by atoms with Gasteiger partial charge in [0.15, 0.2) is 10.8 Å². The molecular weight excluding hydrogens is 414 g/mol.